The number of rotatable bonds is 4. The molecule has 0 saturated heterocycles. The SMILES string of the molecule is O=C(Nc1ccc(Cl)c(C(F)(F)F)c1)c1cncc(Nc2ccccc2)c1. The second-order valence-electron chi connectivity index (χ2n) is 5.60. The van der Waals surface area contributed by atoms with Crippen molar-refractivity contribution in [3.8, 4) is 0 Å². The van der Waals surface area contributed by atoms with Crippen LogP contribution in [0.15, 0.2) is 67.0 Å². The molecule has 1 amide bonds. The Labute approximate surface area is 158 Å². The summed E-state index contributed by atoms with van der Waals surface area (Å²) < 4.78 is 38.8. The van der Waals surface area contributed by atoms with Crippen LogP contribution in [0.1, 0.15) is 15.9 Å². The third kappa shape index (κ3) is 4.77. The summed E-state index contributed by atoms with van der Waals surface area (Å²) in [5.41, 5.74) is 0.544. The maximum Gasteiger partial charge on any atom is 0.417 e. The zero-order valence-electron chi connectivity index (χ0n) is 13.7. The van der Waals surface area contributed by atoms with Crippen LogP contribution in [0.5, 0.6) is 0 Å². The second kappa shape index (κ2) is 7.67. The van der Waals surface area contributed by atoms with E-state index in [1.165, 1.54) is 18.5 Å². The number of aromatic nitrogens is 1. The highest BCUT2D eigenvalue weighted by Gasteiger charge is 2.33. The maximum atomic E-state index is 12.9. The fourth-order valence-electron chi connectivity index (χ4n) is 2.34. The van der Waals surface area contributed by atoms with E-state index in [0.29, 0.717) is 5.69 Å². The molecule has 0 aliphatic carbocycles. The average Bonchev–Trinajstić information content (AvgIpc) is 2.63. The van der Waals surface area contributed by atoms with Crippen molar-refractivity contribution in [1.29, 1.82) is 0 Å². The molecule has 0 bridgehead atoms. The van der Waals surface area contributed by atoms with Crippen molar-refractivity contribution >= 4 is 34.6 Å². The number of amides is 1. The number of pyridine rings is 1. The summed E-state index contributed by atoms with van der Waals surface area (Å²) in [6, 6.07) is 14.0. The molecule has 1 aromatic heterocycles. The van der Waals surface area contributed by atoms with Crippen LogP contribution in [0, 0.1) is 0 Å². The van der Waals surface area contributed by atoms with Crippen molar-refractivity contribution in [2.45, 2.75) is 6.18 Å². The highest BCUT2D eigenvalue weighted by Crippen LogP contribution is 2.36. The van der Waals surface area contributed by atoms with Gasteiger partial charge in [0.1, 0.15) is 0 Å². The number of hydrogen-bond donors (Lipinski definition) is 2. The highest BCUT2D eigenvalue weighted by atomic mass is 35.5. The van der Waals surface area contributed by atoms with Crippen LogP contribution >= 0.6 is 11.6 Å². The van der Waals surface area contributed by atoms with E-state index in [4.69, 9.17) is 11.6 Å². The molecule has 4 nitrogen and oxygen atoms in total. The molecular weight excluding hydrogens is 379 g/mol. The molecule has 0 saturated carbocycles. The minimum absolute atomic E-state index is 0.0156. The van der Waals surface area contributed by atoms with Crippen LogP contribution in [-0.4, -0.2) is 10.9 Å². The largest absolute Gasteiger partial charge is 0.417 e. The van der Waals surface area contributed by atoms with Gasteiger partial charge in [-0.25, -0.2) is 0 Å². The highest BCUT2D eigenvalue weighted by molar-refractivity contribution is 6.31. The normalized spacial score (nSPS) is 11.1. The third-order valence-corrected chi connectivity index (χ3v) is 3.92. The summed E-state index contributed by atoms with van der Waals surface area (Å²) in [4.78, 5) is 16.4. The first kappa shape index (κ1) is 18.7. The zero-order chi connectivity index (χ0) is 19.4. The summed E-state index contributed by atoms with van der Waals surface area (Å²) in [7, 11) is 0. The zero-order valence-corrected chi connectivity index (χ0v) is 14.5. The van der Waals surface area contributed by atoms with Gasteiger partial charge < -0.3 is 10.6 Å². The quantitative estimate of drug-likeness (QED) is 0.595. The molecule has 0 atom stereocenters. The Bertz CT molecular complexity index is 962. The molecule has 27 heavy (non-hydrogen) atoms. The van der Waals surface area contributed by atoms with Gasteiger partial charge in [-0.1, -0.05) is 29.8 Å². The van der Waals surface area contributed by atoms with E-state index in [1.807, 2.05) is 30.3 Å². The Morgan fingerprint density at radius 2 is 1.67 bits per heavy atom. The Morgan fingerprint density at radius 3 is 2.37 bits per heavy atom. The number of nitrogens with one attached hydrogen (secondary N) is 2. The average molecular weight is 392 g/mol. The first-order valence-corrected chi connectivity index (χ1v) is 8.16. The molecule has 0 radical (unpaired) electrons. The van der Waals surface area contributed by atoms with E-state index in [9.17, 15) is 18.0 Å². The van der Waals surface area contributed by atoms with Crippen molar-refractivity contribution in [2.24, 2.45) is 0 Å². The summed E-state index contributed by atoms with van der Waals surface area (Å²) in [6.07, 6.45) is -1.75. The number of hydrogen-bond acceptors (Lipinski definition) is 3. The van der Waals surface area contributed by atoms with Crippen molar-refractivity contribution in [2.75, 3.05) is 10.6 Å². The molecule has 0 aliphatic rings. The standard InChI is InChI=1S/C19H13ClF3N3O/c20-17-7-6-14(9-16(17)19(21,22)23)26-18(27)12-8-15(11-24-10-12)25-13-4-2-1-3-5-13/h1-11,25H,(H,26,27). The lowest BCUT2D eigenvalue weighted by atomic mass is 10.1. The van der Waals surface area contributed by atoms with Gasteiger partial charge in [-0.15, -0.1) is 0 Å². The molecule has 138 valence electrons. The summed E-state index contributed by atoms with van der Waals surface area (Å²) >= 11 is 5.58. The van der Waals surface area contributed by atoms with Gasteiger partial charge in [0.25, 0.3) is 5.91 Å². The van der Waals surface area contributed by atoms with Crippen LogP contribution in [-0.2, 0) is 6.18 Å². The summed E-state index contributed by atoms with van der Waals surface area (Å²) in [6.45, 7) is 0. The van der Waals surface area contributed by atoms with E-state index in [1.54, 1.807) is 6.07 Å². The Kier molecular flexibility index (Phi) is 5.32. The monoisotopic (exact) mass is 391 g/mol. The second-order valence-corrected chi connectivity index (χ2v) is 6.01. The van der Waals surface area contributed by atoms with Crippen molar-refractivity contribution < 1.29 is 18.0 Å². The Morgan fingerprint density at radius 1 is 0.926 bits per heavy atom. The van der Waals surface area contributed by atoms with Gasteiger partial charge in [0.2, 0.25) is 0 Å². The van der Waals surface area contributed by atoms with Gasteiger partial charge in [-0.05, 0) is 36.4 Å². The molecule has 0 fully saturated rings. The lowest BCUT2D eigenvalue weighted by Crippen LogP contribution is -2.14. The third-order valence-electron chi connectivity index (χ3n) is 3.59. The number of halogens is 4. The molecule has 1 heterocycles. The first-order chi connectivity index (χ1) is 12.8. The lowest BCUT2D eigenvalue weighted by Gasteiger charge is -2.12. The Balaban J connectivity index is 1.78. The van der Waals surface area contributed by atoms with E-state index in [0.717, 1.165) is 17.8 Å². The van der Waals surface area contributed by atoms with Gasteiger partial charge in [-0.3, -0.25) is 9.78 Å². The van der Waals surface area contributed by atoms with E-state index in [2.05, 4.69) is 15.6 Å². The molecule has 2 N–H and O–H groups in total. The molecule has 2 aromatic carbocycles. The fraction of sp³-hybridized carbons (Fsp3) is 0.0526. The van der Waals surface area contributed by atoms with Gasteiger partial charge in [0.05, 0.1) is 28.0 Å². The molecule has 0 unspecified atom stereocenters. The first-order valence-electron chi connectivity index (χ1n) is 7.78. The van der Waals surface area contributed by atoms with Crippen LogP contribution in [0.3, 0.4) is 0 Å². The summed E-state index contributed by atoms with van der Waals surface area (Å²) in [5.74, 6) is -0.588. The smallest absolute Gasteiger partial charge is 0.354 e. The molecule has 0 spiro atoms. The Hall–Kier alpha value is -3.06. The number of anilines is 3. The molecule has 3 aromatic rings. The van der Waals surface area contributed by atoms with Gasteiger partial charge in [0, 0.05) is 17.6 Å². The van der Waals surface area contributed by atoms with Crippen molar-refractivity contribution in [3.63, 3.8) is 0 Å². The summed E-state index contributed by atoms with van der Waals surface area (Å²) in [5, 5.41) is 5.08. The molecule has 0 aliphatic heterocycles. The van der Waals surface area contributed by atoms with E-state index in [-0.39, 0.29) is 11.3 Å². The maximum absolute atomic E-state index is 12.9. The van der Waals surface area contributed by atoms with Crippen molar-refractivity contribution in [1.82, 2.24) is 4.98 Å². The van der Waals surface area contributed by atoms with Crippen LogP contribution < -0.4 is 10.6 Å². The van der Waals surface area contributed by atoms with Crippen LogP contribution in [0.4, 0.5) is 30.2 Å². The number of alkyl halides is 3. The lowest BCUT2D eigenvalue weighted by molar-refractivity contribution is -0.137. The predicted octanol–water partition coefficient (Wildman–Crippen LogP) is 5.75. The van der Waals surface area contributed by atoms with Gasteiger partial charge >= 0.3 is 6.18 Å². The minimum Gasteiger partial charge on any atom is -0.354 e. The topological polar surface area (TPSA) is 54.0 Å². The van der Waals surface area contributed by atoms with E-state index < -0.39 is 22.7 Å². The van der Waals surface area contributed by atoms with Crippen LogP contribution in [0.25, 0.3) is 0 Å². The van der Waals surface area contributed by atoms with Gasteiger partial charge in [-0.2, -0.15) is 13.2 Å². The number of carbonyl (C=O) groups excluding carboxylic acids is 1. The predicted molar refractivity (Wildman–Crippen MR) is 98.4 cm³/mol. The molecule has 3 rings (SSSR count). The number of benzene rings is 2. The number of para-hydroxylation sites is 1. The fourth-order valence-corrected chi connectivity index (χ4v) is 2.57. The van der Waals surface area contributed by atoms with Crippen molar-refractivity contribution in [3.05, 3.63) is 83.1 Å². The minimum atomic E-state index is -4.61. The van der Waals surface area contributed by atoms with E-state index >= 15 is 0 Å². The molecule has 8 heteroatoms. The van der Waals surface area contributed by atoms with Crippen LogP contribution in [0.2, 0.25) is 5.02 Å². The number of carbonyl (C=O) groups is 1. The van der Waals surface area contributed by atoms with Gasteiger partial charge in [0.15, 0.2) is 0 Å². The number of nitrogens with zero attached hydrogens (tertiary/aromatic N) is 1. The molecular formula is C19H13ClF3N3O.